The number of halogens is 2. The highest BCUT2D eigenvalue weighted by molar-refractivity contribution is 7.89. The van der Waals surface area contributed by atoms with Gasteiger partial charge in [0.1, 0.15) is 22.1 Å². The summed E-state index contributed by atoms with van der Waals surface area (Å²) in [6.07, 6.45) is 4.59. The smallest absolute Gasteiger partial charge is 0.244 e. The Labute approximate surface area is 179 Å². The lowest BCUT2D eigenvalue weighted by molar-refractivity contribution is -0.147. The highest BCUT2D eigenvalue weighted by Gasteiger charge is 2.60. The van der Waals surface area contributed by atoms with Gasteiger partial charge in [-0.1, -0.05) is 0 Å². The zero-order valence-corrected chi connectivity index (χ0v) is 17.7. The largest absolute Gasteiger partial charge is 0.369 e. The molecule has 0 saturated heterocycles. The average molecular weight is 454 g/mol. The summed E-state index contributed by atoms with van der Waals surface area (Å²) in [4.78, 5) is 24.5. The molecule has 0 heterocycles. The van der Waals surface area contributed by atoms with Gasteiger partial charge in [-0.15, -0.1) is 0 Å². The quantitative estimate of drug-likeness (QED) is 0.606. The molecule has 31 heavy (non-hydrogen) atoms. The maximum atomic E-state index is 14.0. The third-order valence-corrected chi connectivity index (χ3v) is 9.36. The van der Waals surface area contributed by atoms with Crippen LogP contribution in [0.25, 0.3) is 0 Å². The minimum absolute atomic E-state index is 0.124. The van der Waals surface area contributed by atoms with Crippen LogP contribution in [0.1, 0.15) is 44.9 Å². The number of amides is 2. The van der Waals surface area contributed by atoms with Crippen molar-refractivity contribution in [1.82, 2.24) is 10.0 Å². The number of primary amides is 1. The van der Waals surface area contributed by atoms with Crippen LogP contribution in [0.4, 0.5) is 8.78 Å². The molecule has 6 rings (SSSR count). The molecule has 7 nitrogen and oxygen atoms in total. The summed E-state index contributed by atoms with van der Waals surface area (Å²) in [5, 5.41) is 3.05. The van der Waals surface area contributed by atoms with E-state index in [1.165, 1.54) is 0 Å². The predicted octanol–water partition coefficient (Wildman–Crippen LogP) is 1.57. The van der Waals surface area contributed by atoms with Crippen LogP contribution in [0.2, 0.25) is 0 Å². The first-order valence-corrected chi connectivity index (χ1v) is 12.1. The van der Waals surface area contributed by atoms with E-state index in [-0.39, 0.29) is 23.8 Å². The maximum Gasteiger partial charge on any atom is 0.244 e. The Bertz CT molecular complexity index is 1060. The van der Waals surface area contributed by atoms with Crippen LogP contribution in [0.15, 0.2) is 23.1 Å². The molecule has 0 aromatic heterocycles. The van der Waals surface area contributed by atoms with Crippen molar-refractivity contribution in [3.63, 3.8) is 0 Å². The van der Waals surface area contributed by atoms with E-state index < -0.39 is 43.4 Å². The molecule has 2 amide bonds. The van der Waals surface area contributed by atoms with Gasteiger partial charge in [-0.05, 0) is 74.8 Å². The second-order valence-corrected chi connectivity index (χ2v) is 11.5. The lowest BCUT2D eigenvalue weighted by atomic mass is 9.47. The van der Waals surface area contributed by atoms with E-state index in [0.29, 0.717) is 37.7 Å². The van der Waals surface area contributed by atoms with Crippen LogP contribution in [0.5, 0.6) is 0 Å². The van der Waals surface area contributed by atoms with Crippen LogP contribution in [-0.2, 0) is 19.6 Å². The first-order valence-electron chi connectivity index (χ1n) is 10.6. The van der Waals surface area contributed by atoms with Gasteiger partial charge in [0, 0.05) is 17.5 Å². The van der Waals surface area contributed by atoms with E-state index in [1.54, 1.807) is 0 Å². The fourth-order valence-corrected chi connectivity index (χ4v) is 7.84. The van der Waals surface area contributed by atoms with E-state index in [1.807, 2.05) is 0 Å². The number of hydrogen-bond acceptors (Lipinski definition) is 4. The Morgan fingerprint density at radius 2 is 1.71 bits per heavy atom. The van der Waals surface area contributed by atoms with Crippen LogP contribution in [-0.4, -0.2) is 31.8 Å². The normalized spacial score (nSPS) is 35.0. The lowest BCUT2D eigenvalue weighted by Gasteiger charge is -2.59. The summed E-state index contributed by atoms with van der Waals surface area (Å²) in [5.41, 5.74) is 3.91. The number of rotatable bonds is 6. The second kappa shape index (κ2) is 6.71. The van der Waals surface area contributed by atoms with Crippen LogP contribution < -0.4 is 15.8 Å². The molecule has 5 saturated carbocycles. The second-order valence-electron chi connectivity index (χ2n) is 9.88. The first-order chi connectivity index (χ1) is 14.5. The molecule has 5 fully saturated rings. The molecule has 5 aliphatic rings. The standard InChI is InChI=1S/C21H25F2N3O4S/c22-14-1-2-16(15(23)7-14)31(29,30)26-21(3-4-21)19(28)25-17-12-5-11-6-13(17)10-20(8-11,9-12)18(24)27/h1-2,7,11-13,17,26H,3-6,8-10H2,(H2,24,27)(H,25,28). The van der Waals surface area contributed by atoms with Crippen LogP contribution >= 0.6 is 0 Å². The molecule has 0 aliphatic heterocycles. The average Bonchev–Trinajstić information content (AvgIpc) is 3.43. The highest BCUT2D eigenvalue weighted by Crippen LogP contribution is 2.60. The molecule has 0 spiro atoms. The summed E-state index contributed by atoms with van der Waals surface area (Å²) in [6, 6.07) is 2.08. The highest BCUT2D eigenvalue weighted by atomic mass is 32.2. The summed E-state index contributed by atoms with van der Waals surface area (Å²) in [6.45, 7) is 0. The first kappa shape index (κ1) is 20.8. The molecule has 2 atom stereocenters. The molecule has 10 heteroatoms. The van der Waals surface area contributed by atoms with Crippen molar-refractivity contribution in [1.29, 1.82) is 0 Å². The molecular formula is C21H25F2N3O4S. The Hall–Kier alpha value is -2.07. The van der Waals surface area contributed by atoms with Gasteiger partial charge in [0.2, 0.25) is 21.8 Å². The van der Waals surface area contributed by atoms with Crippen molar-refractivity contribution in [3.8, 4) is 0 Å². The molecule has 4 bridgehead atoms. The van der Waals surface area contributed by atoms with Gasteiger partial charge in [0.05, 0.1) is 0 Å². The molecule has 168 valence electrons. The van der Waals surface area contributed by atoms with E-state index in [4.69, 9.17) is 5.73 Å². The number of nitrogens with two attached hydrogens (primary N) is 1. The van der Waals surface area contributed by atoms with E-state index >= 15 is 0 Å². The van der Waals surface area contributed by atoms with Crippen molar-refractivity contribution in [2.45, 2.75) is 61.4 Å². The van der Waals surface area contributed by atoms with Gasteiger partial charge >= 0.3 is 0 Å². The minimum Gasteiger partial charge on any atom is -0.369 e. The Morgan fingerprint density at radius 1 is 1.06 bits per heavy atom. The molecule has 1 aromatic carbocycles. The predicted molar refractivity (Wildman–Crippen MR) is 106 cm³/mol. The molecule has 0 radical (unpaired) electrons. The molecule has 5 aliphatic carbocycles. The Morgan fingerprint density at radius 3 is 2.26 bits per heavy atom. The number of sulfonamides is 1. The van der Waals surface area contributed by atoms with E-state index in [9.17, 15) is 26.8 Å². The van der Waals surface area contributed by atoms with Crippen LogP contribution in [0, 0.1) is 34.8 Å². The Balaban J connectivity index is 1.32. The zero-order valence-electron chi connectivity index (χ0n) is 16.9. The maximum absolute atomic E-state index is 14.0. The SMILES string of the molecule is NC(=O)C12CC3CC(C1)C(NC(=O)C1(NS(=O)(=O)c4ccc(F)cc4F)CC1)C(C3)C2. The van der Waals surface area contributed by atoms with Gasteiger partial charge < -0.3 is 11.1 Å². The zero-order chi connectivity index (χ0) is 22.2. The lowest BCUT2D eigenvalue weighted by Crippen LogP contribution is -2.64. The van der Waals surface area contributed by atoms with Gasteiger partial charge in [0.15, 0.2) is 0 Å². The third kappa shape index (κ3) is 3.34. The van der Waals surface area contributed by atoms with Gasteiger partial charge in [-0.2, -0.15) is 4.72 Å². The van der Waals surface area contributed by atoms with E-state index in [2.05, 4.69) is 10.0 Å². The topological polar surface area (TPSA) is 118 Å². The van der Waals surface area contributed by atoms with Crippen molar-refractivity contribution >= 4 is 21.8 Å². The molecule has 2 unspecified atom stereocenters. The van der Waals surface area contributed by atoms with E-state index in [0.717, 1.165) is 31.4 Å². The summed E-state index contributed by atoms with van der Waals surface area (Å²) >= 11 is 0. The van der Waals surface area contributed by atoms with Crippen molar-refractivity contribution < 1.29 is 26.8 Å². The summed E-state index contributed by atoms with van der Waals surface area (Å²) < 4.78 is 54.9. The molecule has 4 N–H and O–H groups in total. The number of nitrogens with one attached hydrogen (secondary N) is 2. The summed E-state index contributed by atoms with van der Waals surface area (Å²) in [5.74, 6) is -2.05. The van der Waals surface area contributed by atoms with Gasteiger partial charge in [0.25, 0.3) is 0 Å². The summed E-state index contributed by atoms with van der Waals surface area (Å²) in [7, 11) is -4.34. The molecular weight excluding hydrogens is 428 g/mol. The minimum atomic E-state index is -4.34. The number of hydrogen-bond donors (Lipinski definition) is 3. The van der Waals surface area contributed by atoms with Crippen LogP contribution in [0.3, 0.4) is 0 Å². The molecule has 1 aromatic rings. The van der Waals surface area contributed by atoms with Crippen molar-refractivity contribution in [2.75, 3.05) is 0 Å². The monoisotopic (exact) mass is 453 g/mol. The number of carbonyl (C=O) groups excluding carboxylic acids is 2. The Kier molecular flexibility index (Phi) is 4.51. The third-order valence-electron chi connectivity index (χ3n) is 7.79. The number of benzene rings is 1. The van der Waals surface area contributed by atoms with Gasteiger partial charge in [-0.3, -0.25) is 9.59 Å². The van der Waals surface area contributed by atoms with Crippen molar-refractivity contribution in [2.24, 2.45) is 28.9 Å². The van der Waals surface area contributed by atoms with Gasteiger partial charge in [-0.25, -0.2) is 17.2 Å². The van der Waals surface area contributed by atoms with Crippen molar-refractivity contribution in [3.05, 3.63) is 29.8 Å². The fraction of sp³-hybridized carbons (Fsp3) is 0.619. The fourth-order valence-electron chi connectivity index (χ4n) is 6.36. The number of carbonyl (C=O) groups is 2.